The summed E-state index contributed by atoms with van der Waals surface area (Å²) in [6, 6.07) is 10.2. The summed E-state index contributed by atoms with van der Waals surface area (Å²) >= 11 is 0. The molecule has 1 aromatic heterocycles. The number of benzene rings is 1. The molecule has 148 valence electrons. The molecular weight excluding hydrogens is 352 g/mol. The van der Waals surface area contributed by atoms with Crippen LogP contribution in [0.3, 0.4) is 0 Å². The van der Waals surface area contributed by atoms with Crippen molar-refractivity contribution in [2.24, 2.45) is 5.92 Å². The summed E-state index contributed by atoms with van der Waals surface area (Å²) in [6.07, 6.45) is 5.38. The SMILES string of the molecule is CC(=O)NCCC1CCCN(c2cc(C(=O)NC3CC3)c3ccccc3n2)C1. The Balaban J connectivity index is 1.55. The van der Waals surface area contributed by atoms with Gasteiger partial charge in [-0.3, -0.25) is 9.59 Å². The number of nitrogens with one attached hydrogen (secondary N) is 2. The molecule has 1 aromatic carbocycles. The second kappa shape index (κ2) is 8.17. The number of hydrogen-bond acceptors (Lipinski definition) is 4. The van der Waals surface area contributed by atoms with Crippen LogP contribution in [0.4, 0.5) is 5.82 Å². The van der Waals surface area contributed by atoms with Crippen molar-refractivity contribution in [1.82, 2.24) is 15.6 Å². The summed E-state index contributed by atoms with van der Waals surface area (Å²) in [7, 11) is 0. The Morgan fingerprint density at radius 1 is 1.21 bits per heavy atom. The number of amides is 2. The van der Waals surface area contributed by atoms with Gasteiger partial charge < -0.3 is 15.5 Å². The van der Waals surface area contributed by atoms with Gasteiger partial charge in [0.15, 0.2) is 0 Å². The van der Waals surface area contributed by atoms with Crippen molar-refractivity contribution in [3.8, 4) is 0 Å². The van der Waals surface area contributed by atoms with Crippen molar-refractivity contribution in [2.75, 3.05) is 24.5 Å². The number of anilines is 1. The Labute approximate surface area is 165 Å². The van der Waals surface area contributed by atoms with E-state index in [0.29, 0.717) is 24.1 Å². The van der Waals surface area contributed by atoms with E-state index in [9.17, 15) is 9.59 Å². The summed E-state index contributed by atoms with van der Waals surface area (Å²) in [5, 5.41) is 6.91. The maximum Gasteiger partial charge on any atom is 0.252 e. The third-order valence-corrected chi connectivity index (χ3v) is 5.63. The Kier molecular flexibility index (Phi) is 5.46. The van der Waals surface area contributed by atoms with Crippen LogP contribution in [0.5, 0.6) is 0 Å². The third kappa shape index (κ3) is 4.43. The van der Waals surface area contributed by atoms with Crippen LogP contribution in [-0.2, 0) is 4.79 Å². The zero-order valence-corrected chi connectivity index (χ0v) is 16.4. The average Bonchev–Trinajstić information content (AvgIpc) is 3.51. The summed E-state index contributed by atoms with van der Waals surface area (Å²) in [5.41, 5.74) is 1.58. The predicted octanol–water partition coefficient (Wildman–Crippen LogP) is 2.87. The highest BCUT2D eigenvalue weighted by Gasteiger charge is 2.26. The molecule has 2 N–H and O–H groups in total. The van der Waals surface area contributed by atoms with Crippen molar-refractivity contribution < 1.29 is 9.59 Å². The normalized spacial score (nSPS) is 19.5. The number of nitrogens with zero attached hydrogens (tertiary/aromatic N) is 2. The first-order chi connectivity index (χ1) is 13.6. The zero-order valence-electron chi connectivity index (χ0n) is 16.4. The molecule has 2 fully saturated rings. The van der Waals surface area contributed by atoms with E-state index in [0.717, 1.165) is 55.5 Å². The zero-order chi connectivity index (χ0) is 19.5. The number of carbonyl (C=O) groups excluding carboxylic acids is 2. The fourth-order valence-corrected chi connectivity index (χ4v) is 3.96. The van der Waals surface area contributed by atoms with Gasteiger partial charge in [0, 0.05) is 38.0 Å². The second-order valence-electron chi connectivity index (χ2n) is 8.02. The minimum absolute atomic E-state index is 0.00145. The largest absolute Gasteiger partial charge is 0.356 e. The van der Waals surface area contributed by atoms with E-state index in [-0.39, 0.29) is 11.8 Å². The molecule has 1 unspecified atom stereocenters. The molecule has 1 aliphatic carbocycles. The molecule has 1 aliphatic heterocycles. The molecular formula is C22H28N4O2. The molecule has 0 bridgehead atoms. The van der Waals surface area contributed by atoms with Crippen LogP contribution >= 0.6 is 0 Å². The minimum atomic E-state index is 0.00145. The third-order valence-electron chi connectivity index (χ3n) is 5.63. The maximum atomic E-state index is 12.8. The Bertz CT molecular complexity index is 878. The number of fused-ring (bicyclic) bond motifs is 1. The van der Waals surface area contributed by atoms with Gasteiger partial charge in [0.05, 0.1) is 11.1 Å². The van der Waals surface area contributed by atoms with Crippen LogP contribution in [0.2, 0.25) is 0 Å². The van der Waals surface area contributed by atoms with E-state index in [1.54, 1.807) is 6.92 Å². The summed E-state index contributed by atoms with van der Waals surface area (Å²) in [4.78, 5) is 31.1. The first-order valence-corrected chi connectivity index (χ1v) is 10.3. The van der Waals surface area contributed by atoms with Gasteiger partial charge in [-0.05, 0) is 50.2 Å². The van der Waals surface area contributed by atoms with Crippen molar-refractivity contribution in [2.45, 2.75) is 45.1 Å². The van der Waals surface area contributed by atoms with Gasteiger partial charge in [-0.15, -0.1) is 0 Å². The summed E-state index contributed by atoms with van der Waals surface area (Å²) in [6.45, 7) is 4.13. The van der Waals surface area contributed by atoms with E-state index in [1.807, 2.05) is 30.3 Å². The molecule has 2 aromatic rings. The van der Waals surface area contributed by atoms with Crippen molar-refractivity contribution in [1.29, 1.82) is 0 Å². The average molecular weight is 380 g/mol. The van der Waals surface area contributed by atoms with Gasteiger partial charge in [0.25, 0.3) is 5.91 Å². The Morgan fingerprint density at radius 3 is 2.82 bits per heavy atom. The second-order valence-corrected chi connectivity index (χ2v) is 8.02. The van der Waals surface area contributed by atoms with Crippen molar-refractivity contribution in [3.05, 3.63) is 35.9 Å². The number of para-hydroxylation sites is 1. The van der Waals surface area contributed by atoms with Crippen LogP contribution in [0, 0.1) is 5.92 Å². The number of aromatic nitrogens is 1. The van der Waals surface area contributed by atoms with Crippen LogP contribution in [-0.4, -0.2) is 42.5 Å². The maximum absolute atomic E-state index is 12.8. The lowest BCUT2D eigenvalue weighted by Crippen LogP contribution is -2.37. The van der Waals surface area contributed by atoms with Crippen LogP contribution < -0.4 is 15.5 Å². The van der Waals surface area contributed by atoms with E-state index in [2.05, 4.69) is 15.5 Å². The fourth-order valence-electron chi connectivity index (χ4n) is 3.96. The first kappa shape index (κ1) is 18.7. The van der Waals surface area contributed by atoms with Gasteiger partial charge in [-0.2, -0.15) is 0 Å². The first-order valence-electron chi connectivity index (χ1n) is 10.3. The molecule has 2 heterocycles. The van der Waals surface area contributed by atoms with E-state index in [4.69, 9.17) is 4.98 Å². The van der Waals surface area contributed by atoms with Gasteiger partial charge in [-0.25, -0.2) is 4.98 Å². The lowest BCUT2D eigenvalue weighted by molar-refractivity contribution is -0.119. The highest BCUT2D eigenvalue weighted by atomic mass is 16.2. The van der Waals surface area contributed by atoms with E-state index >= 15 is 0 Å². The highest BCUT2D eigenvalue weighted by Crippen LogP contribution is 2.28. The Hall–Kier alpha value is -2.63. The van der Waals surface area contributed by atoms with Crippen molar-refractivity contribution in [3.63, 3.8) is 0 Å². The highest BCUT2D eigenvalue weighted by molar-refractivity contribution is 6.07. The van der Waals surface area contributed by atoms with E-state index in [1.165, 1.54) is 6.42 Å². The van der Waals surface area contributed by atoms with Gasteiger partial charge in [0.1, 0.15) is 5.82 Å². The molecule has 0 spiro atoms. The number of pyridine rings is 1. The number of carbonyl (C=O) groups is 2. The predicted molar refractivity (Wildman–Crippen MR) is 110 cm³/mol. The molecule has 6 heteroatoms. The number of rotatable bonds is 6. The van der Waals surface area contributed by atoms with Crippen LogP contribution in [0.25, 0.3) is 10.9 Å². The van der Waals surface area contributed by atoms with Gasteiger partial charge >= 0.3 is 0 Å². The van der Waals surface area contributed by atoms with Crippen molar-refractivity contribution >= 4 is 28.5 Å². The van der Waals surface area contributed by atoms with Gasteiger partial charge in [0.2, 0.25) is 5.91 Å². The van der Waals surface area contributed by atoms with Gasteiger partial charge in [-0.1, -0.05) is 18.2 Å². The van der Waals surface area contributed by atoms with Crippen LogP contribution in [0.15, 0.2) is 30.3 Å². The summed E-state index contributed by atoms with van der Waals surface area (Å²) in [5.74, 6) is 1.43. The Morgan fingerprint density at radius 2 is 2.04 bits per heavy atom. The summed E-state index contributed by atoms with van der Waals surface area (Å²) < 4.78 is 0. The van der Waals surface area contributed by atoms with E-state index < -0.39 is 0 Å². The molecule has 2 amide bonds. The lowest BCUT2D eigenvalue weighted by atomic mass is 9.94. The molecule has 1 saturated heterocycles. The molecule has 6 nitrogen and oxygen atoms in total. The smallest absolute Gasteiger partial charge is 0.252 e. The quantitative estimate of drug-likeness (QED) is 0.808. The molecule has 1 atom stereocenters. The fraction of sp³-hybridized carbons (Fsp3) is 0.500. The topological polar surface area (TPSA) is 74.3 Å². The minimum Gasteiger partial charge on any atom is -0.356 e. The molecule has 28 heavy (non-hydrogen) atoms. The monoisotopic (exact) mass is 380 g/mol. The molecule has 4 rings (SSSR count). The lowest BCUT2D eigenvalue weighted by Gasteiger charge is -2.34. The standard InChI is InChI=1S/C22H28N4O2/c1-15(27)23-11-10-16-5-4-12-26(14-16)21-13-19(22(28)24-17-8-9-17)18-6-2-3-7-20(18)25-21/h2-3,6-7,13,16-17H,4-5,8-12,14H2,1H3,(H,23,27)(H,24,28). The van der Waals surface area contributed by atoms with Crippen LogP contribution in [0.1, 0.15) is 49.4 Å². The number of piperidine rings is 1. The number of hydrogen-bond donors (Lipinski definition) is 2. The molecule has 2 aliphatic rings. The molecule has 0 radical (unpaired) electrons. The molecule has 1 saturated carbocycles.